The second-order valence-electron chi connectivity index (χ2n) is 7.64. The number of ether oxygens (including phenoxy) is 2. The number of esters is 1. The lowest BCUT2D eigenvalue weighted by Gasteiger charge is -2.41. The molecule has 2 aliphatic carbocycles. The predicted octanol–water partition coefficient (Wildman–Crippen LogP) is 0.678. The van der Waals surface area contributed by atoms with E-state index >= 15 is 0 Å². The van der Waals surface area contributed by atoms with Crippen molar-refractivity contribution in [2.24, 2.45) is 28.1 Å². The number of cyclic esters (lactones) is 1. The summed E-state index contributed by atoms with van der Waals surface area (Å²) in [4.78, 5) is 12.5. The quantitative estimate of drug-likeness (QED) is 0.639. The van der Waals surface area contributed by atoms with Crippen molar-refractivity contribution >= 4 is 5.97 Å². The predicted molar refractivity (Wildman–Crippen MR) is 68.4 cm³/mol. The van der Waals surface area contributed by atoms with E-state index in [4.69, 9.17) is 9.47 Å². The molecule has 5 heteroatoms. The molecule has 2 saturated carbocycles. The normalized spacial score (nSPS) is 67.2. The number of fused-ring (bicyclic) bond motifs is 2. The standard InChI is InChI=1S/C15H22O5/c1-6-8-5-13(3)7(2)15(11(19-8)14(6,13)4)9(16)10(17)20-12(15)18/h6-11,16-17H,5H2,1-4H3/t6-,7+,8+,9?,10?,11+,13+,14-,15?/m1/s1. The second kappa shape index (κ2) is 3.23. The van der Waals surface area contributed by atoms with Crippen molar-refractivity contribution in [2.75, 3.05) is 0 Å². The van der Waals surface area contributed by atoms with E-state index in [1.807, 2.05) is 6.92 Å². The minimum atomic E-state index is -1.44. The van der Waals surface area contributed by atoms with Crippen molar-refractivity contribution in [1.82, 2.24) is 0 Å². The summed E-state index contributed by atoms with van der Waals surface area (Å²) in [5.74, 6) is -0.239. The van der Waals surface area contributed by atoms with E-state index in [2.05, 4.69) is 20.8 Å². The molecule has 2 N–H and O–H groups in total. The molecule has 9 atom stereocenters. The summed E-state index contributed by atoms with van der Waals surface area (Å²) < 4.78 is 11.1. The van der Waals surface area contributed by atoms with Gasteiger partial charge in [-0.3, -0.25) is 4.79 Å². The summed E-state index contributed by atoms with van der Waals surface area (Å²) in [6, 6.07) is 0. The third kappa shape index (κ3) is 0.911. The minimum absolute atomic E-state index is 0.0793. The fraction of sp³-hybridized carbons (Fsp3) is 0.933. The molecule has 0 radical (unpaired) electrons. The molecule has 3 unspecified atom stereocenters. The maximum atomic E-state index is 12.5. The van der Waals surface area contributed by atoms with E-state index in [1.165, 1.54) is 0 Å². The second-order valence-corrected chi connectivity index (χ2v) is 7.64. The van der Waals surface area contributed by atoms with Gasteiger partial charge in [-0.05, 0) is 23.7 Å². The van der Waals surface area contributed by atoms with Crippen LogP contribution in [0.3, 0.4) is 0 Å². The van der Waals surface area contributed by atoms with Gasteiger partial charge in [0, 0.05) is 5.41 Å². The summed E-state index contributed by atoms with van der Waals surface area (Å²) >= 11 is 0. The van der Waals surface area contributed by atoms with Gasteiger partial charge in [0.2, 0.25) is 6.29 Å². The summed E-state index contributed by atoms with van der Waals surface area (Å²) in [6.07, 6.45) is -1.98. The molecule has 4 aliphatic rings. The summed E-state index contributed by atoms with van der Waals surface area (Å²) in [5.41, 5.74) is -1.37. The molecule has 0 aromatic heterocycles. The van der Waals surface area contributed by atoms with Crippen LogP contribution in [0.5, 0.6) is 0 Å². The zero-order valence-electron chi connectivity index (χ0n) is 12.3. The van der Waals surface area contributed by atoms with E-state index in [0.717, 1.165) is 6.42 Å². The van der Waals surface area contributed by atoms with E-state index in [0.29, 0.717) is 5.92 Å². The minimum Gasteiger partial charge on any atom is -0.432 e. The van der Waals surface area contributed by atoms with Gasteiger partial charge in [0.05, 0.1) is 12.2 Å². The number of carbonyl (C=O) groups excluding carboxylic acids is 1. The molecule has 2 saturated heterocycles. The Balaban J connectivity index is 1.96. The Labute approximate surface area is 118 Å². The van der Waals surface area contributed by atoms with Gasteiger partial charge in [-0.2, -0.15) is 0 Å². The van der Waals surface area contributed by atoms with Crippen molar-refractivity contribution in [3.05, 3.63) is 0 Å². The maximum absolute atomic E-state index is 12.5. The summed E-state index contributed by atoms with van der Waals surface area (Å²) in [6.45, 7) is 8.55. The number of hydrogen-bond donors (Lipinski definition) is 2. The number of carbonyl (C=O) groups is 1. The van der Waals surface area contributed by atoms with Crippen molar-refractivity contribution in [1.29, 1.82) is 0 Å². The molecule has 4 rings (SSSR count). The van der Waals surface area contributed by atoms with Gasteiger partial charge in [0.25, 0.3) is 0 Å². The SMILES string of the molecule is C[C@@H]1[C@@H]2C[C@@]3(C)[C@H](C)C4(C(=O)OC(O)C4O)[C@@H](O2)[C@@]13C. The van der Waals surface area contributed by atoms with E-state index in [1.54, 1.807) is 0 Å². The Morgan fingerprint density at radius 2 is 1.90 bits per heavy atom. The summed E-state index contributed by atoms with van der Waals surface area (Å²) in [5, 5.41) is 20.3. The highest BCUT2D eigenvalue weighted by atomic mass is 16.7. The van der Waals surface area contributed by atoms with Crippen LogP contribution in [-0.4, -0.2) is 40.8 Å². The Kier molecular flexibility index (Phi) is 2.11. The zero-order chi connectivity index (χ0) is 14.7. The monoisotopic (exact) mass is 282 g/mol. The lowest BCUT2D eigenvalue weighted by Crippen LogP contribution is -2.51. The first-order chi connectivity index (χ1) is 9.22. The maximum Gasteiger partial charge on any atom is 0.320 e. The van der Waals surface area contributed by atoms with Gasteiger partial charge in [0.1, 0.15) is 11.5 Å². The van der Waals surface area contributed by atoms with Gasteiger partial charge < -0.3 is 19.7 Å². The van der Waals surface area contributed by atoms with Crippen LogP contribution in [0.15, 0.2) is 0 Å². The Hall–Kier alpha value is -0.650. The number of hydrogen-bond acceptors (Lipinski definition) is 5. The van der Waals surface area contributed by atoms with E-state index in [-0.39, 0.29) is 29.0 Å². The molecule has 20 heavy (non-hydrogen) atoms. The fourth-order valence-electron chi connectivity index (χ4n) is 6.08. The molecule has 4 fully saturated rings. The van der Waals surface area contributed by atoms with Crippen LogP contribution in [0.2, 0.25) is 0 Å². The van der Waals surface area contributed by atoms with Gasteiger partial charge in [0.15, 0.2) is 0 Å². The van der Waals surface area contributed by atoms with Crippen LogP contribution in [0.4, 0.5) is 0 Å². The molecular formula is C15H22O5. The molecule has 1 spiro atoms. The average molecular weight is 282 g/mol. The highest BCUT2D eigenvalue weighted by molar-refractivity contribution is 5.83. The molecule has 2 heterocycles. The van der Waals surface area contributed by atoms with Crippen molar-refractivity contribution in [2.45, 2.75) is 58.7 Å². The van der Waals surface area contributed by atoms with Crippen molar-refractivity contribution < 1.29 is 24.5 Å². The Morgan fingerprint density at radius 3 is 2.35 bits per heavy atom. The van der Waals surface area contributed by atoms with Crippen molar-refractivity contribution in [3.63, 3.8) is 0 Å². The van der Waals surface area contributed by atoms with Crippen LogP contribution in [0, 0.1) is 28.1 Å². The lowest BCUT2D eigenvalue weighted by atomic mass is 9.64. The summed E-state index contributed by atoms with van der Waals surface area (Å²) in [7, 11) is 0. The van der Waals surface area contributed by atoms with Crippen LogP contribution in [0.25, 0.3) is 0 Å². The van der Waals surface area contributed by atoms with E-state index < -0.39 is 23.8 Å². The molecule has 2 bridgehead atoms. The molecule has 0 aromatic carbocycles. The van der Waals surface area contributed by atoms with Gasteiger partial charge in [-0.15, -0.1) is 0 Å². The van der Waals surface area contributed by atoms with E-state index in [9.17, 15) is 15.0 Å². The third-order valence-electron chi connectivity index (χ3n) is 7.66. The molecule has 112 valence electrons. The first-order valence-electron chi connectivity index (χ1n) is 7.45. The Morgan fingerprint density at radius 1 is 1.25 bits per heavy atom. The number of aliphatic hydroxyl groups excluding tert-OH is 2. The zero-order valence-corrected chi connectivity index (χ0v) is 12.3. The first-order valence-corrected chi connectivity index (χ1v) is 7.45. The van der Waals surface area contributed by atoms with Crippen molar-refractivity contribution in [3.8, 4) is 0 Å². The van der Waals surface area contributed by atoms with Gasteiger partial charge in [-0.25, -0.2) is 0 Å². The fourth-order valence-corrected chi connectivity index (χ4v) is 6.08. The molecule has 2 aliphatic heterocycles. The van der Waals surface area contributed by atoms with Gasteiger partial charge in [-0.1, -0.05) is 27.7 Å². The smallest absolute Gasteiger partial charge is 0.320 e. The van der Waals surface area contributed by atoms with Gasteiger partial charge >= 0.3 is 5.97 Å². The van der Waals surface area contributed by atoms with Crippen LogP contribution >= 0.6 is 0 Å². The highest BCUT2D eigenvalue weighted by Gasteiger charge is 2.85. The average Bonchev–Trinajstić information content (AvgIpc) is 2.85. The molecule has 0 aromatic rings. The highest BCUT2D eigenvalue weighted by Crippen LogP contribution is 2.79. The third-order valence-corrected chi connectivity index (χ3v) is 7.66. The molecule has 0 amide bonds. The van der Waals surface area contributed by atoms with Crippen LogP contribution < -0.4 is 0 Å². The number of rotatable bonds is 0. The Bertz CT molecular complexity index is 506. The molecule has 5 nitrogen and oxygen atoms in total. The lowest BCUT2D eigenvalue weighted by molar-refractivity contribution is -0.163. The molecular weight excluding hydrogens is 260 g/mol. The number of aliphatic hydroxyl groups is 2. The largest absolute Gasteiger partial charge is 0.432 e. The first kappa shape index (κ1) is 13.0. The topological polar surface area (TPSA) is 76.0 Å². The van der Waals surface area contributed by atoms with Crippen LogP contribution in [0.1, 0.15) is 34.1 Å². The van der Waals surface area contributed by atoms with Crippen LogP contribution in [-0.2, 0) is 14.3 Å².